The summed E-state index contributed by atoms with van der Waals surface area (Å²) < 4.78 is 10.7. The van der Waals surface area contributed by atoms with Crippen molar-refractivity contribution in [1.29, 1.82) is 0 Å². The van der Waals surface area contributed by atoms with Crippen LogP contribution < -0.4 is 10.5 Å². The summed E-state index contributed by atoms with van der Waals surface area (Å²) >= 11 is 0. The summed E-state index contributed by atoms with van der Waals surface area (Å²) in [5, 5.41) is 1.07. The van der Waals surface area contributed by atoms with Gasteiger partial charge in [0.25, 0.3) is 0 Å². The van der Waals surface area contributed by atoms with Crippen LogP contribution in [-0.2, 0) is 6.54 Å². The molecule has 2 aromatic rings. The van der Waals surface area contributed by atoms with Crippen LogP contribution in [0.3, 0.4) is 0 Å². The molecule has 3 heteroatoms. The van der Waals surface area contributed by atoms with Crippen molar-refractivity contribution in [3.05, 3.63) is 29.5 Å². The molecule has 0 radical (unpaired) electrons. The molecule has 0 bridgehead atoms. The lowest BCUT2D eigenvalue weighted by Crippen LogP contribution is -1.96. The highest BCUT2D eigenvalue weighted by atomic mass is 16.5. The Bertz CT molecular complexity index is 460. The zero-order valence-electron chi connectivity index (χ0n) is 8.33. The predicted molar refractivity (Wildman–Crippen MR) is 55.4 cm³/mol. The molecule has 0 amide bonds. The fourth-order valence-electron chi connectivity index (χ4n) is 1.63. The van der Waals surface area contributed by atoms with E-state index in [0.29, 0.717) is 6.54 Å². The van der Waals surface area contributed by atoms with E-state index in [0.717, 1.165) is 28.0 Å². The molecular weight excluding hydrogens is 178 g/mol. The van der Waals surface area contributed by atoms with Gasteiger partial charge in [0.15, 0.2) is 0 Å². The molecule has 1 aromatic carbocycles. The van der Waals surface area contributed by atoms with Gasteiger partial charge in [-0.05, 0) is 19.1 Å². The topological polar surface area (TPSA) is 48.4 Å². The fraction of sp³-hybridized carbons (Fsp3) is 0.273. The number of ether oxygens (including phenoxy) is 1. The van der Waals surface area contributed by atoms with Crippen LogP contribution in [0.1, 0.15) is 11.3 Å². The van der Waals surface area contributed by atoms with Crippen LogP contribution in [0.15, 0.2) is 22.6 Å². The van der Waals surface area contributed by atoms with Gasteiger partial charge < -0.3 is 14.9 Å². The minimum absolute atomic E-state index is 0.505. The van der Waals surface area contributed by atoms with Gasteiger partial charge in [-0.15, -0.1) is 0 Å². The number of methoxy groups -OCH3 is 1. The van der Waals surface area contributed by atoms with Crippen molar-refractivity contribution in [3.63, 3.8) is 0 Å². The largest absolute Gasteiger partial charge is 0.497 e. The minimum atomic E-state index is 0.505. The summed E-state index contributed by atoms with van der Waals surface area (Å²) in [7, 11) is 1.64. The Balaban J connectivity index is 2.68. The molecule has 0 saturated carbocycles. The van der Waals surface area contributed by atoms with Gasteiger partial charge in [-0.25, -0.2) is 0 Å². The zero-order chi connectivity index (χ0) is 10.1. The number of rotatable bonds is 2. The number of furan rings is 1. The Kier molecular flexibility index (Phi) is 2.17. The molecule has 1 heterocycles. The molecule has 0 aliphatic carbocycles. The van der Waals surface area contributed by atoms with Crippen molar-refractivity contribution in [2.24, 2.45) is 5.73 Å². The Hall–Kier alpha value is -1.48. The molecule has 0 atom stereocenters. The lowest BCUT2D eigenvalue weighted by Gasteiger charge is -1.98. The van der Waals surface area contributed by atoms with Crippen LogP contribution in [-0.4, -0.2) is 7.11 Å². The van der Waals surface area contributed by atoms with E-state index >= 15 is 0 Å². The van der Waals surface area contributed by atoms with Crippen molar-refractivity contribution < 1.29 is 9.15 Å². The molecule has 0 aliphatic heterocycles. The van der Waals surface area contributed by atoms with Crippen molar-refractivity contribution in [1.82, 2.24) is 0 Å². The molecular formula is C11H13NO2. The maximum absolute atomic E-state index is 5.64. The van der Waals surface area contributed by atoms with Crippen LogP contribution in [0.2, 0.25) is 0 Å². The lowest BCUT2D eigenvalue weighted by molar-refractivity contribution is 0.414. The van der Waals surface area contributed by atoms with Crippen molar-refractivity contribution in [2.75, 3.05) is 7.11 Å². The van der Waals surface area contributed by atoms with E-state index in [1.807, 2.05) is 25.1 Å². The second-order valence-corrected chi connectivity index (χ2v) is 3.20. The third kappa shape index (κ3) is 1.26. The first kappa shape index (κ1) is 9.09. The lowest BCUT2D eigenvalue weighted by atomic mass is 10.1. The highest BCUT2D eigenvalue weighted by molar-refractivity contribution is 5.83. The fourth-order valence-corrected chi connectivity index (χ4v) is 1.63. The molecule has 0 spiro atoms. The molecule has 0 aliphatic rings. The molecule has 0 unspecified atom stereocenters. The first-order chi connectivity index (χ1) is 6.76. The summed E-state index contributed by atoms with van der Waals surface area (Å²) in [5.41, 5.74) is 7.55. The van der Waals surface area contributed by atoms with E-state index in [-0.39, 0.29) is 0 Å². The molecule has 3 nitrogen and oxygen atoms in total. The molecule has 2 N–H and O–H groups in total. The van der Waals surface area contributed by atoms with Crippen molar-refractivity contribution in [2.45, 2.75) is 13.5 Å². The number of hydrogen-bond donors (Lipinski definition) is 1. The molecule has 14 heavy (non-hydrogen) atoms. The Morgan fingerprint density at radius 2 is 2.21 bits per heavy atom. The van der Waals surface area contributed by atoms with Gasteiger partial charge in [0, 0.05) is 23.6 Å². The number of fused-ring (bicyclic) bond motifs is 1. The number of benzene rings is 1. The van der Waals surface area contributed by atoms with Crippen molar-refractivity contribution >= 4 is 11.0 Å². The normalized spacial score (nSPS) is 10.8. The summed E-state index contributed by atoms with van der Waals surface area (Å²) in [6.07, 6.45) is 0. The number of nitrogens with two attached hydrogens (primary N) is 1. The molecule has 0 fully saturated rings. The van der Waals surface area contributed by atoms with E-state index in [1.165, 1.54) is 0 Å². The summed E-state index contributed by atoms with van der Waals surface area (Å²) in [5.74, 6) is 1.69. The third-order valence-electron chi connectivity index (χ3n) is 2.41. The second kappa shape index (κ2) is 3.35. The van der Waals surface area contributed by atoms with Gasteiger partial charge in [0.2, 0.25) is 0 Å². The van der Waals surface area contributed by atoms with Crippen LogP contribution >= 0.6 is 0 Å². The summed E-state index contributed by atoms with van der Waals surface area (Å²) in [6.45, 7) is 2.43. The molecule has 74 valence electrons. The van der Waals surface area contributed by atoms with Gasteiger partial charge in [0.1, 0.15) is 17.1 Å². The Morgan fingerprint density at radius 3 is 2.86 bits per heavy atom. The van der Waals surface area contributed by atoms with E-state index in [1.54, 1.807) is 7.11 Å². The minimum Gasteiger partial charge on any atom is -0.497 e. The predicted octanol–water partition coefficient (Wildman–Crippen LogP) is 2.21. The van der Waals surface area contributed by atoms with Crippen LogP contribution in [0.4, 0.5) is 0 Å². The summed E-state index contributed by atoms with van der Waals surface area (Å²) in [4.78, 5) is 0. The van der Waals surface area contributed by atoms with Crippen LogP contribution in [0.25, 0.3) is 11.0 Å². The first-order valence-electron chi connectivity index (χ1n) is 4.52. The van der Waals surface area contributed by atoms with Gasteiger partial charge in [-0.1, -0.05) is 0 Å². The Morgan fingerprint density at radius 1 is 1.43 bits per heavy atom. The van der Waals surface area contributed by atoms with E-state index in [2.05, 4.69) is 0 Å². The van der Waals surface area contributed by atoms with E-state index in [9.17, 15) is 0 Å². The second-order valence-electron chi connectivity index (χ2n) is 3.20. The van der Waals surface area contributed by atoms with Crippen LogP contribution in [0, 0.1) is 6.92 Å². The number of hydrogen-bond acceptors (Lipinski definition) is 3. The maximum atomic E-state index is 5.64. The molecule has 2 rings (SSSR count). The van der Waals surface area contributed by atoms with E-state index in [4.69, 9.17) is 14.9 Å². The number of aryl methyl sites for hydroxylation is 1. The standard InChI is InChI=1S/C11H13NO2/c1-7-10(6-12)9-4-3-8(13-2)5-11(9)14-7/h3-5H,6,12H2,1-2H3. The monoisotopic (exact) mass is 191 g/mol. The quantitative estimate of drug-likeness (QED) is 0.791. The van der Waals surface area contributed by atoms with Crippen molar-refractivity contribution in [3.8, 4) is 5.75 Å². The zero-order valence-corrected chi connectivity index (χ0v) is 8.33. The van der Waals surface area contributed by atoms with Crippen LogP contribution in [0.5, 0.6) is 5.75 Å². The van der Waals surface area contributed by atoms with Gasteiger partial charge >= 0.3 is 0 Å². The average molecular weight is 191 g/mol. The summed E-state index contributed by atoms with van der Waals surface area (Å²) in [6, 6.07) is 5.77. The Labute approximate surface area is 82.5 Å². The SMILES string of the molecule is COc1ccc2c(CN)c(C)oc2c1. The maximum Gasteiger partial charge on any atom is 0.138 e. The third-order valence-corrected chi connectivity index (χ3v) is 2.41. The van der Waals surface area contributed by atoms with Gasteiger partial charge in [0.05, 0.1) is 7.11 Å². The molecule has 1 aromatic heterocycles. The molecule has 0 saturated heterocycles. The van der Waals surface area contributed by atoms with Gasteiger partial charge in [-0.2, -0.15) is 0 Å². The smallest absolute Gasteiger partial charge is 0.138 e. The highest BCUT2D eigenvalue weighted by Crippen LogP contribution is 2.28. The highest BCUT2D eigenvalue weighted by Gasteiger charge is 2.09. The van der Waals surface area contributed by atoms with E-state index < -0.39 is 0 Å². The average Bonchev–Trinajstić information content (AvgIpc) is 2.51. The first-order valence-corrected chi connectivity index (χ1v) is 4.52. The van der Waals surface area contributed by atoms with Gasteiger partial charge in [-0.3, -0.25) is 0 Å².